The van der Waals surface area contributed by atoms with Crippen LogP contribution in [-0.2, 0) is 4.79 Å². The van der Waals surface area contributed by atoms with Crippen LogP contribution < -0.4 is 16.4 Å². The van der Waals surface area contributed by atoms with Gasteiger partial charge in [0.25, 0.3) is 0 Å². The van der Waals surface area contributed by atoms with Crippen molar-refractivity contribution in [3.05, 3.63) is 29.3 Å². The van der Waals surface area contributed by atoms with Crippen LogP contribution in [0.3, 0.4) is 0 Å². The standard InChI is InChI=1S/C13H15N3O2/c1-3-7-15-8-12(17)16-11-6-4-5-10(9(11)2)13(14)18/h1,4-6,15H,7-8H2,2H3,(H2,14,18)(H,16,17). The van der Waals surface area contributed by atoms with Gasteiger partial charge < -0.3 is 11.1 Å². The minimum atomic E-state index is -0.519. The van der Waals surface area contributed by atoms with Gasteiger partial charge in [0, 0.05) is 11.3 Å². The van der Waals surface area contributed by atoms with Gasteiger partial charge in [0.2, 0.25) is 11.8 Å². The molecule has 5 nitrogen and oxygen atoms in total. The Hall–Kier alpha value is -2.32. The molecule has 0 radical (unpaired) electrons. The molecule has 0 saturated carbocycles. The number of carbonyl (C=O) groups excluding carboxylic acids is 2. The molecule has 0 aliphatic rings. The minimum Gasteiger partial charge on any atom is -0.366 e. The van der Waals surface area contributed by atoms with Crippen molar-refractivity contribution < 1.29 is 9.59 Å². The van der Waals surface area contributed by atoms with Gasteiger partial charge in [-0.2, -0.15) is 0 Å². The van der Waals surface area contributed by atoms with E-state index in [1.54, 1.807) is 25.1 Å². The van der Waals surface area contributed by atoms with E-state index in [4.69, 9.17) is 12.2 Å². The lowest BCUT2D eigenvalue weighted by Crippen LogP contribution is -2.28. The van der Waals surface area contributed by atoms with Crippen LogP contribution in [0.2, 0.25) is 0 Å². The van der Waals surface area contributed by atoms with E-state index in [1.807, 2.05) is 0 Å². The zero-order valence-corrected chi connectivity index (χ0v) is 10.1. The van der Waals surface area contributed by atoms with Gasteiger partial charge in [-0.1, -0.05) is 12.0 Å². The number of primary amides is 1. The first-order chi connectivity index (χ1) is 8.56. The second-order valence-electron chi connectivity index (χ2n) is 3.70. The fourth-order valence-electron chi connectivity index (χ4n) is 1.48. The summed E-state index contributed by atoms with van der Waals surface area (Å²) in [6, 6.07) is 4.99. The maximum absolute atomic E-state index is 11.6. The van der Waals surface area contributed by atoms with Gasteiger partial charge in [0.1, 0.15) is 0 Å². The highest BCUT2D eigenvalue weighted by molar-refractivity contribution is 5.98. The summed E-state index contributed by atoms with van der Waals surface area (Å²) in [5.41, 5.74) is 6.84. The molecule has 1 rings (SSSR count). The number of carbonyl (C=O) groups is 2. The quantitative estimate of drug-likeness (QED) is 0.513. The average molecular weight is 245 g/mol. The Morgan fingerprint density at radius 2 is 2.17 bits per heavy atom. The molecule has 0 aliphatic carbocycles. The largest absolute Gasteiger partial charge is 0.366 e. The van der Waals surface area contributed by atoms with E-state index in [1.165, 1.54) is 0 Å². The number of benzene rings is 1. The van der Waals surface area contributed by atoms with Crippen molar-refractivity contribution in [1.29, 1.82) is 0 Å². The van der Waals surface area contributed by atoms with E-state index in [0.29, 0.717) is 23.4 Å². The van der Waals surface area contributed by atoms with Gasteiger partial charge in [0.05, 0.1) is 13.1 Å². The number of nitrogens with one attached hydrogen (secondary N) is 2. The molecule has 0 aromatic heterocycles. The third-order valence-electron chi connectivity index (χ3n) is 2.39. The van der Waals surface area contributed by atoms with Crippen molar-refractivity contribution >= 4 is 17.5 Å². The Balaban J connectivity index is 2.74. The van der Waals surface area contributed by atoms with Gasteiger partial charge in [-0.05, 0) is 24.6 Å². The summed E-state index contributed by atoms with van der Waals surface area (Å²) >= 11 is 0. The topological polar surface area (TPSA) is 84.2 Å². The van der Waals surface area contributed by atoms with E-state index < -0.39 is 5.91 Å². The summed E-state index contributed by atoms with van der Waals surface area (Å²) in [7, 11) is 0. The Kier molecular flexibility index (Phi) is 4.90. The van der Waals surface area contributed by atoms with Crippen LogP contribution in [0, 0.1) is 19.3 Å². The van der Waals surface area contributed by atoms with Crippen LogP contribution >= 0.6 is 0 Å². The number of anilines is 1. The molecule has 0 heterocycles. The highest BCUT2D eigenvalue weighted by Crippen LogP contribution is 2.18. The molecule has 5 heteroatoms. The lowest BCUT2D eigenvalue weighted by Gasteiger charge is -2.10. The smallest absolute Gasteiger partial charge is 0.249 e. The lowest BCUT2D eigenvalue weighted by atomic mass is 10.1. The van der Waals surface area contributed by atoms with Crippen molar-refractivity contribution in [2.75, 3.05) is 18.4 Å². The van der Waals surface area contributed by atoms with Gasteiger partial charge in [-0.25, -0.2) is 0 Å². The number of hydrogen-bond donors (Lipinski definition) is 3. The van der Waals surface area contributed by atoms with Crippen molar-refractivity contribution in [2.45, 2.75) is 6.92 Å². The maximum Gasteiger partial charge on any atom is 0.249 e. The fourth-order valence-corrected chi connectivity index (χ4v) is 1.48. The fraction of sp³-hybridized carbons (Fsp3) is 0.231. The number of rotatable bonds is 5. The monoisotopic (exact) mass is 245 g/mol. The summed E-state index contributed by atoms with van der Waals surface area (Å²) in [5, 5.41) is 5.46. The van der Waals surface area contributed by atoms with Crippen molar-refractivity contribution in [3.63, 3.8) is 0 Å². The van der Waals surface area contributed by atoms with E-state index in [-0.39, 0.29) is 12.5 Å². The molecule has 94 valence electrons. The zero-order chi connectivity index (χ0) is 13.5. The molecule has 4 N–H and O–H groups in total. The highest BCUT2D eigenvalue weighted by atomic mass is 16.2. The molecule has 0 unspecified atom stereocenters. The van der Waals surface area contributed by atoms with E-state index >= 15 is 0 Å². The summed E-state index contributed by atoms with van der Waals surface area (Å²) in [6.45, 7) is 2.17. The van der Waals surface area contributed by atoms with E-state index in [2.05, 4.69) is 16.6 Å². The lowest BCUT2D eigenvalue weighted by molar-refractivity contribution is -0.115. The molecule has 0 atom stereocenters. The van der Waals surface area contributed by atoms with E-state index in [0.717, 1.165) is 0 Å². The molecule has 1 aromatic carbocycles. The van der Waals surface area contributed by atoms with Crippen molar-refractivity contribution in [1.82, 2.24) is 5.32 Å². The molecular formula is C13H15N3O2. The molecule has 1 aromatic rings. The molecular weight excluding hydrogens is 230 g/mol. The van der Waals surface area contributed by atoms with Crippen LogP contribution in [0.15, 0.2) is 18.2 Å². The predicted molar refractivity (Wildman–Crippen MR) is 70.0 cm³/mol. The third-order valence-corrected chi connectivity index (χ3v) is 2.39. The summed E-state index contributed by atoms with van der Waals surface area (Å²) in [4.78, 5) is 22.7. The first-order valence-corrected chi connectivity index (χ1v) is 5.39. The Morgan fingerprint density at radius 3 is 2.78 bits per heavy atom. The van der Waals surface area contributed by atoms with Gasteiger partial charge in [0.15, 0.2) is 0 Å². The Bertz CT molecular complexity index is 503. The van der Waals surface area contributed by atoms with Gasteiger partial charge >= 0.3 is 0 Å². The van der Waals surface area contributed by atoms with Gasteiger partial charge in [-0.3, -0.25) is 14.9 Å². The molecule has 18 heavy (non-hydrogen) atoms. The molecule has 0 bridgehead atoms. The van der Waals surface area contributed by atoms with Crippen LogP contribution in [0.25, 0.3) is 0 Å². The van der Waals surface area contributed by atoms with Crippen LogP contribution in [0.5, 0.6) is 0 Å². The van der Waals surface area contributed by atoms with Crippen molar-refractivity contribution in [2.24, 2.45) is 5.73 Å². The second-order valence-corrected chi connectivity index (χ2v) is 3.70. The Labute approximate surface area is 106 Å². The first-order valence-electron chi connectivity index (χ1n) is 5.39. The third kappa shape index (κ3) is 3.61. The number of terminal acetylenes is 1. The highest BCUT2D eigenvalue weighted by Gasteiger charge is 2.10. The van der Waals surface area contributed by atoms with Crippen LogP contribution in [0.1, 0.15) is 15.9 Å². The molecule has 0 aliphatic heterocycles. The molecule has 0 spiro atoms. The maximum atomic E-state index is 11.6. The summed E-state index contributed by atoms with van der Waals surface area (Å²) in [6.07, 6.45) is 5.05. The summed E-state index contributed by atoms with van der Waals surface area (Å²) < 4.78 is 0. The normalized spacial score (nSPS) is 9.56. The summed E-state index contributed by atoms with van der Waals surface area (Å²) in [5.74, 6) is 1.62. The molecule has 2 amide bonds. The number of hydrogen-bond acceptors (Lipinski definition) is 3. The van der Waals surface area contributed by atoms with Crippen LogP contribution in [-0.4, -0.2) is 24.9 Å². The van der Waals surface area contributed by atoms with Crippen LogP contribution in [0.4, 0.5) is 5.69 Å². The Morgan fingerprint density at radius 1 is 1.44 bits per heavy atom. The van der Waals surface area contributed by atoms with E-state index in [9.17, 15) is 9.59 Å². The second kappa shape index (κ2) is 6.42. The number of nitrogens with two attached hydrogens (primary N) is 1. The predicted octanol–water partition coefficient (Wildman–Crippen LogP) is 0.255. The molecule has 0 fully saturated rings. The SMILES string of the molecule is C#CCNCC(=O)Nc1cccc(C(N)=O)c1C. The van der Waals surface area contributed by atoms with Crippen molar-refractivity contribution in [3.8, 4) is 12.3 Å². The van der Waals surface area contributed by atoms with Gasteiger partial charge in [-0.15, -0.1) is 6.42 Å². The zero-order valence-electron chi connectivity index (χ0n) is 10.1. The minimum absolute atomic E-state index is 0.116. The molecule has 0 saturated heterocycles. The number of amides is 2. The average Bonchev–Trinajstić information content (AvgIpc) is 2.32. The first kappa shape index (κ1) is 13.7.